The van der Waals surface area contributed by atoms with Gasteiger partial charge in [-0.15, -0.1) is 0 Å². The van der Waals surface area contributed by atoms with Crippen LogP contribution in [-0.4, -0.2) is 112 Å². The highest BCUT2D eigenvalue weighted by atomic mass is 32.2. The van der Waals surface area contributed by atoms with Crippen molar-refractivity contribution in [1.82, 2.24) is 19.2 Å². The van der Waals surface area contributed by atoms with Crippen molar-refractivity contribution in [3.8, 4) is 5.88 Å². The van der Waals surface area contributed by atoms with Crippen molar-refractivity contribution in [2.45, 2.75) is 48.4 Å². The van der Waals surface area contributed by atoms with Gasteiger partial charge in [0.15, 0.2) is 0 Å². The fraction of sp³-hybridized carbons (Fsp3) is 0.458. The van der Waals surface area contributed by atoms with E-state index in [9.17, 15) is 47.9 Å². The molecule has 47 heavy (non-hydrogen) atoms. The lowest BCUT2D eigenvalue weighted by Crippen LogP contribution is -2.53. The summed E-state index contributed by atoms with van der Waals surface area (Å²) in [7, 11) is -1.96. The predicted molar refractivity (Wildman–Crippen MR) is 137 cm³/mol. The number of piperidine rings is 1. The Labute approximate surface area is 259 Å². The first-order chi connectivity index (χ1) is 21.3. The number of fused-ring (bicyclic) bond motifs is 1. The van der Waals surface area contributed by atoms with Crippen molar-refractivity contribution in [2.75, 3.05) is 26.7 Å². The number of sulfonamides is 1. The number of aromatic nitrogens is 2. The van der Waals surface area contributed by atoms with E-state index in [2.05, 4.69) is 20.9 Å². The molecule has 3 N–H and O–H groups in total. The van der Waals surface area contributed by atoms with Crippen LogP contribution in [-0.2, 0) is 31.0 Å². The predicted octanol–water partition coefficient (Wildman–Crippen LogP) is 3.42. The maximum absolute atomic E-state index is 12.7. The average Bonchev–Trinajstić information content (AvgIpc) is 3.02. The Kier molecular flexibility index (Phi) is 13.9. The Morgan fingerprint density at radius 1 is 0.851 bits per heavy atom. The minimum atomic E-state index is -5.08. The molecule has 1 saturated heterocycles. The van der Waals surface area contributed by atoms with Gasteiger partial charge in [-0.1, -0.05) is 6.07 Å². The van der Waals surface area contributed by atoms with Gasteiger partial charge in [0.1, 0.15) is 10.5 Å². The molecule has 0 atom stereocenters. The molecule has 2 aliphatic heterocycles. The van der Waals surface area contributed by atoms with E-state index in [-0.39, 0.29) is 10.8 Å². The van der Waals surface area contributed by atoms with E-state index >= 15 is 0 Å². The van der Waals surface area contributed by atoms with Crippen molar-refractivity contribution >= 4 is 27.9 Å². The second kappa shape index (κ2) is 16.0. The first kappa shape index (κ1) is 40.8. The molecule has 0 saturated carbocycles. The summed E-state index contributed by atoms with van der Waals surface area (Å²) in [4.78, 5) is 37.5. The minimum Gasteiger partial charge on any atom is -0.475 e. The fourth-order valence-corrected chi connectivity index (χ4v) is 4.98. The highest BCUT2D eigenvalue weighted by Crippen LogP contribution is 2.37. The van der Waals surface area contributed by atoms with Gasteiger partial charge in [0.05, 0.1) is 6.54 Å². The van der Waals surface area contributed by atoms with E-state index in [1.165, 1.54) is 9.87 Å². The van der Waals surface area contributed by atoms with E-state index in [0.717, 1.165) is 32.5 Å². The second-order valence-electron chi connectivity index (χ2n) is 9.40. The number of nitrogens with zero attached hydrogens (tertiary/aromatic N) is 4. The average molecular weight is 717 g/mol. The first-order valence-electron chi connectivity index (χ1n) is 12.4. The zero-order valence-electron chi connectivity index (χ0n) is 23.7. The zero-order chi connectivity index (χ0) is 36.4. The molecule has 13 nitrogen and oxygen atoms in total. The third-order valence-electron chi connectivity index (χ3n) is 5.87. The molecule has 0 aromatic carbocycles. The van der Waals surface area contributed by atoms with Crippen molar-refractivity contribution in [2.24, 2.45) is 0 Å². The number of likely N-dealkylation sites (tertiary alicyclic amines) is 1. The van der Waals surface area contributed by atoms with Crippen molar-refractivity contribution in [3.05, 3.63) is 48.4 Å². The van der Waals surface area contributed by atoms with E-state index in [0.29, 0.717) is 6.54 Å². The summed E-state index contributed by atoms with van der Waals surface area (Å²) in [6, 6.07) is 7.20. The van der Waals surface area contributed by atoms with Gasteiger partial charge < -0.3 is 20.1 Å². The Hall–Kier alpha value is -4.25. The van der Waals surface area contributed by atoms with Crippen molar-refractivity contribution in [3.63, 3.8) is 0 Å². The molecule has 4 rings (SSSR count). The SMILES string of the molecule is CN1CC2(CCN(Cc3cccnc3)CC2)Oc2ncccc2S1(=O)=O.O=C(O)C(F)(F)F.O=C(O)C(F)(F)F.O=C(O)C(F)(F)F. The largest absolute Gasteiger partial charge is 0.490 e. The molecular weight excluding hydrogens is 691 g/mol. The van der Waals surface area contributed by atoms with Crippen LogP contribution in [0.5, 0.6) is 5.88 Å². The molecule has 0 aliphatic carbocycles. The molecule has 1 fully saturated rings. The molecular formula is C24H25F9N4O9S. The van der Waals surface area contributed by atoms with Gasteiger partial charge in [-0.25, -0.2) is 27.8 Å². The van der Waals surface area contributed by atoms with Crippen LogP contribution in [0.3, 0.4) is 0 Å². The topological polar surface area (TPSA) is 188 Å². The zero-order valence-corrected chi connectivity index (χ0v) is 24.5. The number of hydrogen-bond donors (Lipinski definition) is 3. The maximum atomic E-state index is 12.7. The van der Waals surface area contributed by atoms with E-state index in [1.54, 1.807) is 31.6 Å². The number of rotatable bonds is 2. The van der Waals surface area contributed by atoms with E-state index in [1.807, 2.05) is 12.3 Å². The Bertz CT molecular complexity index is 1410. The number of aliphatic carboxylic acids is 3. The second-order valence-corrected chi connectivity index (χ2v) is 11.4. The van der Waals surface area contributed by atoms with Gasteiger partial charge in [0, 0.05) is 58.1 Å². The van der Waals surface area contributed by atoms with Crippen molar-refractivity contribution < 1.29 is 82.4 Å². The van der Waals surface area contributed by atoms with E-state index in [4.69, 9.17) is 34.4 Å². The molecule has 2 aromatic heterocycles. The summed E-state index contributed by atoms with van der Waals surface area (Å²) < 4.78 is 128. The summed E-state index contributed by atoms with van der Waals surface area (Å²) in [6.07, 6.45) is -8.51. The standard InChI is InChI=1S/C18H22N4O3S.3C2HF3O2/c1-21-14-18(25-17-16(26(21,23)24)5-3-9-20-17)6-10-22(11-7-18)13-15-4-2-8-19-12-15;3*3-2(4,5)1(6)7/h2-5,8-9,12H,6-7,10-11,13-14H2,1H3;3*(H,6,7). The molecule has 4 heterocycles. The summed E-state index contributed by atoms with van der Waals surface area (Å²) in [5.74, 6) is -8.05. The fourth-order valence-electron chi connectivity index (χ4n) is 3.67. The third-order valence-corrected chi connectivity index (χ3v) is 7.69. The van der Waals surface area contributed by atoms with Crippen molar-refractivity contribution in [1.29, 1.82) is 0 Å². The summed E-state index contributed by atoms with van der Waals surface area (Å²) in [5.41, 5.74) is 0.643. The first-order valence-corrected chi connectivity index (χ1v) is 13.9. The van der Waals surface area contributed by atoms with Crippen LogP contribution in [0.15, 0.2) is 47.8 Å². The number of likely N-dealkylation sites (N-methyl/N-ethyl adjacent to an activating group) is 1. The van der Waals surface area contributed by atoms with Crippen LogP contribution in [0.1, 0.15) is 18.4 Å². The maximum Gasteiger partial charge on any atom is 0.490 e. The van der Waals surface area contributed by atoms with Crippen LogP contribution < -0.4 is 4.74 Å². The molecule has 0 radical (unpaired) electrons. The number of carboxylic acid groups (broad SMARTS) is 3. The Morgan fingerprint density at radius 3 is 1.70 bits per heavy atom. The smallest absolute Gasteiger partial charge is 0.475 e. The van der Waals surface area contributed by atoms with Crippen LogP contribution in [0.25, 0.3) is 0 Å². The minimum absolute atomic E-state index is 0.150. The number of alkyl halides is 9. The quantitative estimate of drug-likeness (QED) is 0.385. The molecule has 264 valence electrons. The molecule has 0 amide bonds. The van der Waals surface area contributed by atoms with Crippen LogP contribution >= 0.6 is 0 Å². The molecule has 2 aromatic rings. The lowest BCUT2D eigenvalue weighted by atomic mass is 9.90. The van der Waals surface area contributed by atoms with Gasteiger partial charge in [0.25, 0.3) is 0 Å². The molecule has 1 spiro atoms. The Balaban J connectivity index is 0.000000430. The van der Waals surface area contributed by atoms with Crippen LogP contribution in [0.2, 0.25) is 0 Å². The number of hydrogen-bond acceptors (Lipinski definition) is 9. The molecule has 0 unspecified atom stereocenters. The van der Waals surface area contributed by atoms with Crippen LogP contribution in [0.4, 0.5) is 39.5 Å². The lowest BCUT2D eigenvalue weighted by molar-refractivity contribution is -0.193. The summed E-state index contributed by atoms with van der Waals surface area (Å²) in [6.45, 7) is 2.86. The number of carbonyl (C=O) groups is 3. The normalized spacial score (nSPS) is 17.4. The lowest BCUT2D eigenvalue weighted by Gasteiger charge is -2.41. The van der Waals surface area contributed by atoms with Gasteiger partial charge >= 0.3 is 36.4 Å². The highest BCUT2D eigenvalue weighted by Gasteiger charge is 2.45. The monoisotopic (exact) mass is 716 g/mol. The van der Waals surface area contributed by atoms with Gasteiger partial charge in [-0.05, 0) is 23.8 Å². The van der Waals surface area contributed by atoms with Gasteiger partial charge in [-0.3, -0.25) is 9.88 Å². The Morgan fingerprint density at radius 2 is 1.30 bits per heavy atom. The molecule has 23 heteroatoms. The highest BCUT2D eigenvalue weighted by molar-refractivity contribution is 7.89. The van der Waals surface area contributed by atoms with Gasteiger partial charge in [-0.2, -0.15) is 43.8 Å². The van der Waals surface area contributed by atoms with Gasteiger partial charge in [0.2, 0.25) is 15.9 Å². The number of carboxylic acids is 3. The van der Waals surface area contributed by atoms with Crippen LogP contribution in [0, 0.1) is 0 Å². The third kappa shape index (κ3) is 13.2. The summed E-state index contributed by atoms with van der Waals surface area (Å²) >= 11 is 0. The molecule has 0 bridgehead atoms. The van der Waals surface area contributed by atoms with E-state index < -0.39 is 52.1 Å². The number of pyridine rings is 2. The number of halogens is 9. The molecule has 2 aliphatic rings. The number of ether oxygens (including phenoxy) is 1. The summed E-state index contributed by atoms with van der Waals surface area (Å²) in [5, 5.41) is 21.4.